The smallest absolute Gasteiger partial charge is 0.408 e. The number of rotatable bonds is 4. The molecule has 3 aromatic rings. The number of benzene rings is 2. The molecule has 0 bridgehead atoms. The van der Waals surface area contributed by atoms with Crippen molar-refractivity contribution in [3.63, 3.8) is 0 Å². The van der Waals surface area contributed by atoms with Crippen molar-refractivity contribution in [2.45, 2.75) is 18.9 Å². The number of oxazole rings is 1. The van der Waals surface area contributed by atoms with E-state index in [1.54, 1.807) is 46.2 Å². The van der Waals surface area contributed by atoms with Gasteiger partial charge in [-0.05, 0) is 42.2 Å². The first kappa shape index (κ1) is 19.5. The molecule has 1 aliphatic heterocycles. The van der Waals surface area contributed by atoms with Crippen molar-refractivity contribution in [1.82, 2.24) is 14.4 Å². The molecule has 0 spiro atoms. The third kappa shape index (κ3) is 3.73. The van der Waals surface area contributed by atoms with E-state index in [0.717, 1.165) is 12.0 Å². The minimum Gasteiger partial charge on any atom is -0.408 e. The number of carbonyl (C=O) groups is 2. The van der Waals surface area contributed by atoms with E-state index < -0.39 is 5.76 Å². The number of para-hydroxylation sites is 2. The van der Waals surface area contributed by atoms with Gasteiger partial charge in [0.25, 0.3) is 0 Å². The van der Waals surface area contributed by atoms with Crippen molar-refractivity contribution in [1.29, 1.82) is 0 Å². The third-order valence-corrected chi connectivity index (χ3v) is 6.22. The maximum atomic E-state index is 13.1. The van der Waals surface area contributed by atoms with Gasteiger partial charge < -0.3 is 14.2 Å². The van der Waals surface area contributed by atoms with Crippen LogP contribution in [0.2, 0.25) is 0 Å². The largest absolute Gasteiger partial charge is 0.420 e. The van der Waals surface area contributed by atoms with Crippen LogP contribution >= 0.6 is 0 Å². The van der Waals surface area contributed by atoms with Gasteiger partial charge in [-0.1, -0.05) is 24.3 Å². The molecule has 1 saturated carbocycles. The lowest BCUT2D eigenvalue weighted by Crippen LogP contribution is -2.52. The van der Waals surface area contributed by atoms with Crippen molar-refractivity contribution in [3.8, 4) is 0 Å². The molecular formula is C23H22FN3O4. The van der Waals surface area contributed by atoms with Gasteiger partial charge >= 0.3 is 5.76 Å². The first-order chi connectivity index (χ1) is 15.0. The normalized spacial score (nSPS) is 20.8. The summed E-state index contributed by atoms with van der Waals surface area (Å²) in [7, 11) is 0. The molecule has 0 N–H and O–H groups in total. The minimum atomic E-state index is -0.552. The Morgan fingerprint density at radius 3 is 2.39 bits per heavy atom. The van der Waals surface area contributed by atoms with Crippen molar-refractivity contribution in [2.24, 2.45) is 5.92 Å². The zero-order chi connectivity index (χ0) is 21.5. The Labute approximate surface area is 177 Å². The first-order valence-corrected chi connectivity index (χ1v) is 10.4. The van der Waals surface area contributed by atoms with Gasteiger partial charge in [0.2, 0.25) is 11.8 Å². The third-order valence-electron chi connectivity index (χ3n) is 6.22. The van der Waals surface area contributed by atoms with Gasteiger partial charge in [-0.25, -0.2) is 9.18 Å². The average Bonchev–Trinajstić information content (AvgIpc) is 3.52. The summed E-state index contributed by atoms with van der Waals surface area (Å²) >= 11 is 0. The van der Waals surface area contributed by atoms with Gasteiger partial charge in [0.15, 0.2) is 5.58 Å². The molecule has 8 heteroatoms. The fourth-order valence-corrected chi connectivity index (χ4v) is 4.36. The number of hydrogen-bond acceptors (Lipinski definition) is 4. The number of hydrogen-bond donors (Lipinski definition) is 0. The second kappa shape index (κ2) is 7.68. The molecule has 1 saturated heterocycles. The van der Waals surface area contributed by atoms with E-state index in [1.807, 2.05) is 0 Å². The lowest BCUT2D eigenvalue weighted by atomic mass is 10.1. The summed E-state index contributed by atoms with van der Waals surface area (Å²) < 4.78 is 19.6. The van der Waals surface area contributed by atoms with Crippen molar-refractivity contribution in [3.05, 3.63) is 70.5 Å². The van der Waals surface area contributed by atoms with Crippen molar-refractivity contribution >= 4 is 22.9 Å². The highest BCUT2D eigenvalue weighted by molar-refractivity contribution is 5.84. The fraction of sp³-hybridized carbons (Fsp3) is 0.348. The second-order valence-electron chi connectivity index (χ2n) is 8.13. The predicted octanol–water partition coefficient (Wildman–Crippen LogP) is 2.21. The number of amides is 2. The van der Waals surface area contributed by atoms with Crippen LogP contribution < -0.4 is 5.76 Å². The summed E-state index contributed by atoms with van der Waals surface area (Å²) in [6.07, 6.45) is 0.778. The lowest BCUT2D eigenvalue weighted by Gasteiger charge is -2.35. The van der Waals surface area contributed by atoms with Gasteiger partial charge in [-0.3, -0.25) is 14.2 Å². The molecule has 31 heavy (non-hydrogen) atoms. The van der Waals surface area contributed by atoms with Gasteiger partial charge in [-0.2, -0.15) is 0 Å². The van der Waals surface area contributed by atoms with Crippen LogP contribution in [0.15, 0.2) is 57.7 Å². The molecule has 2 aliphatic rings. The van der Waals surface area contributed by atoms with Gasteiger partial charge in [0.05, 0.1) is 5.52 Å². The van der Waals surface area contributed by atoms with Crippen LogP contribution in [0.4, 0.5) is 4.39 Å². The Balaban J connectivity index is 1.17. The summed E-state index contributed by atoms with van der Waals surface area (Å²) in [6, 6.07) is 13.3. The number of piperazine rings is 1. The van der Waals surface area contributed by atoms with Crippen LogP contribution in [0.5, 0.6) is 0 Å². The maximum absolute atomic E-state index is 13.1. The van der Waals surface area contributed by atoms with Crippen LogP contribution in [-0.2, 0) is 16.1 Å². The first-order valence-electron chi connectivity index (χ1n) is 10.4. The average molecular weight is 423 g/mol. The van der Waals surface area contributed by atoms with Crippen LogP contribution in [0.25, 0.3) is 11.1 Å². The number of carbonyl (C=O) groups excluding carboxylic acids is 2. The molecule has 7 nitrogen and oxygen atoms in total. The molecule has 0 unspecified atom stereocenters. The highest BCUT2D eigenvalue weighted by atomic mass is 19.1. The lowest BCUT2D eigenvalue weighted by molar-refractivity contribution is -0.140. The summed E-state index contributed by atoms with van der Waals surface area (Å²) in [5, 5.41) is 0. The molecule has 1 aromatic heterocycles. The molecule has 1 aliphatic carbocycles. The van der Waals surface area contributed by atoms with E-state index in [9.17, 15) is 18.8 Å². The summed E-state index contributed by atoms with van der Waals surface area (Å²) in [5.41, 5.74) is 2.04. The van der Waals surface area contributed by atoms with Crippen LogP contribution in [0.1, 0.15) is 17.9 Å². The van der Waals surface area contributed by atoms with Crippen LogP contribution in [-0.4, -0.2) is 52.4 Å². The second-order valence-corrected chi connectivity index (χ2v) is 8.13. The number of halogens is 1. The Kier molecular flexibility index (Phi) is 4.84. The Hall–Kier alpha value is -3.42. The standard InChI is InChI=1S/C23H22FN3O4/c24-16-7-5-15(6-8-16)17-13-18(17)22(29)26-11-9-25(10-12-26)21(28)14-27-19-3-1-2-4-20(19)31-23(27)30/h1-8,17-18H,9-14H2/t17-,18+/m0/s1. The topological polar surface area (TPSA) is 75.8 Å². The summed E-state index contributed by atoms with van der Waals surface area (Å²) in [4.78, 5) is 41.1. The molecule has 160 valence electrons. The quantitative estimate of drug-likeness (QED) is 0.645. The monoisotopic (exact) mass is 423 g/mol. The zero-order valence-corrected chi connectivity index (χ0v) is 16.9. The van der Waals surface area contributed by atoms with E-state index in [0.29, 0.717) is 37.3 Å². The van der Waals surface area contributed by atoms with E-state index in [2.05, 4.69) is 0 Å². The number of aromatic nitrogens is 1. The fourth-order valence-electron chi connectivity index (χ4n) is 4.36. The van der Waals surface area contributed by atoms with Gasteiger partial charge in [0, 0.05) is 32.1 Å². The maximum Gasteiger partial charge on any atom is 0.420 e. The zero-order valence-electron chi connectivity index (χ0n) is 16.9. The van der Waals surface area contributed by atoms with E-state index in [1.165, 1.54) is 16.7 Å². The van der Waals surface area contributed by atoms with E-state index >= 15 is 0 Å². The van der Waals surface area contributed by atoms with Crippen molar-refractivity contribution in [2.75, 3.05) is 26.2 Å². The highest BCUT2D eigenvalue weighted by Crippen LogP contribution is 2.48. The molecule has 5 rings (SSSR count). The molecular weight excluding hydrogens is 401 g/mol. The summed E-state index contributed by atoms with van der Waals surface area (Å²) in [5.74, 6) is -0.824. The Morgan fingerprint density at radius 2 is 1.65 bits per heavy atom. The van der Waals surface area contributed by atoms with Gasteiger partial charge in [0.1, 0.15) is 12.4 Å². The van der Waals surface area contributed by atoms with E-state index in [-0.39, 0.29) is 36.0 Å². The minimum absolute atomic E-state index is 0.0661. The molecule has 2 heterocycles. The molecule has 2 atom stereocenters. The Morgan fingerprint density at radius 1 is 0.968 bits per heavy atom. The Bertz CT molecular complexity index is 1190. The van der Waals surface area contributed by atoms with E-state index in [4.69, 9.17) is 4.42 Å². The highest BCUT2D eigenvalue weighted by Gasteiger charge is 2.46. The van der Waals surface area contributed by atoms with Gasteiger partial charge in [-0.15, -0.1) is 0 Å². The molecule has 2 amide bonds. The van der Waals surface area contributed by atoms with Crippen LogP contribution in [0.3, 0.4) is 0 Å². The number of nitrogens with zero attached hydrogens (tertiary/aromatic N) is 3. The van der Waals surface area contributed by atoms with Crippen molar-refractivity contribution < 1.29 is 18.4 Å². The van der Waals surface area contributed by atoms with Crippen LogP contribution in [0, 0.1) is 11.7 Å². The predicted molar refractivity (Wildman–Crippen MR) is 111 cm³/mol. The molecule has 2 fully saturated rings. The molecule has 0 radical (unpaired) electrons. The molecule has 2 aromatic carbocycles. The SMILES string of the molecule is O=C(Cn1c(=O)oc2ccccc21)N1CCN(C(=O)[C@@H]2C[C@H]2c2ccc(F)cc2)CC1. The summed E-state index contributed by atoms with van der Waals surface area (Å²) in [6.45, 7) is 1.72. The number of fused-ring (bicyclic) bond motifs is 1.